The Hall–Kier alpha value is -2.53. The van der Waals surface area contributed by atoms with Crippen LogP contribution in [0.25, 0.3) is 0 Å². The minimum atomic E-state index is 0.113. The molecule has 0 saturated carbocycles. The van der Waals surface area contributed by atoms with Crippen molar-refractivity contribution in [3.8, 4) is 5.75 Å². The summed E-state index contributed by atoms with van der Waals surface area (Å²) in [5.74, 6) is 1.05. The number of rotatable bonds is 7. The SMILES string of the molecule is CCN(CC)C(=O)c1ccc(CN2CCN(c3ccccc3OC)CC2)cc1. The number of ether oxygens (including phenoxy) is 1. The number of benzene rings is 2. The summed E-state index contributed by atoms with van der Waals surface area (Å²) in [5.41, 5.74) is 3.19. The first-order valence-electron chi connectivity index (χ1n) is 10.1. The van der Waals surface area contributed by atoms with E-state index < -0.39 is 0 Å². The zero-order valence-electron chi connectivity index (χ0n) is 17.2. The highest BCUT2D eigenvalue weighted by Gasteiger charge is 2.20. The molecular formula is C23H31N3O2. The van der Waals surface area contributed by atoms with E-state index >= 15 is 0 Å². The second-order valence-electron chi connectivity index (χ2n) is 7.11. The molecule has 0 radical (unpaired) electrons. The topological polar surface area (TPSA) is 36.0 Å². The predicted molar refractivity (Wildman–Crippen MR) is 114 cm³/mol. The highest BCUT2D eigenvalue weighted by Crippen LogP contribution is 2.28. The number of methoxy groups -OCH3 is 1. The summed E-state index contributed by atoms with van der Waals surface area (Å²) < 4.78 is 5.50. The van der Waals surface area contributed by atoms with Crippen LogP contribution in [0.3, 0.4) is 0 Å². The lowest BCUT2D eigenvalue weighted by molar-refractivity contribution is 0.0773. The molecule has 1 heterocycles. The van der Waals surface area contributed by atoms with Gasteiger partial charge in [-0.05, 0) is 43.7 Å². The van der Waals surface area contributed by atoms with E-state index in [0.29, 0.717) is 0 Å². The van der Waals surface area contributed by atoms with Gasteiger partial charge in [0.2, 0.25) is 0 Å². The Balaban J connectivity index is 1.55. The molecule has 0 atom stereocenters. The van der Waals surface area contributed by atoms with Gasteiger partial charge in [0.05, 0.1) is 12.8 Å². The Bertz CT molecular complexity index is 764. The normalized spacial score (nSPS) is 14.8. The number of anilines is 1. The van der Waals surface area contributed by atoms with Gasteiger partial charge in [0.1, 0.15) is 5.75 Å². The average molecular weight is 382 g/mol. The van der Waals surface area contributed by atoms with Crippen LogP contribution in [0, 0.1) is 0 Å². The first-order valence-corrected chi connectivity index (χ1v) is 10.1. The van der Waals surface area contributed by atoms with Crippen LogP contribution < -0.4 is 9.64 Å². The standard InChI is InChI=1S/C23H31N3O2/c1-4-25(5-2)23(27)20-12-10-19(11-13-20)18-24-14-16-26(17-15-24)21-8-6-7-9-22(21)28-3/h6-13H,4-5,14-18H2,1-3H3. The van der Waals surface area contributed by atoms with E-state index in [9.17, 15) is 4.79 Å². The molecular weight excluding hydrogens is 350 g/mol. The molecule has 3 rings (SSSR count). The number of nitrogens with zero attached hydrogens (tertiary/aromatic N) is 3. The third-order valence-electron chi connectivity index (χ3n) is 5.46. The van der Waals surface area contributed by atoms with E-state index in [1.807, 2.05) is 43.0 Å². The Kier molecular flexibility index (Phi) is 6.93. The molecule has 1 saturated heterocycles. The van der Waals surface area contributed by atoms with E-state index in [2.05, 4.69) is 34.1 Å². The molecule has 1 aliphatic rings. The van der Waals surface area contributed by atoms with Gasteiger partial charge in [0.25, 0.3) is 5.91 Å². The van der Waals surface area contributed by atoms with Crippen molar-refractivity contribution < 1.29 is 9.53 Å². The van der Waals surface area contributed by atoms with Crippen molar-refractivity contribution in [1.82, 2.24) is 9.80 Å². The Labute approximate surface area is 168 Å². The monoisotopic (exact) mass is 381 g/mol. The third-order valence-corrected chi connectivity index (χ3v) is 5.46. The maximum absolute atomic E-state index is 12.4. The second kappa shape index (κ2) is 9.60. The highest BCUT2D eigenvalue weighted by molar-refractivity contribution is 5.94. The molecule has 0 N–H and O–H groups in total. The van der Waals surface area contributed by atoms with Crippen LogP contribution in [-0.4, -0.2) is 62.1 Å². The van der Waals surface area contributed by atoms with Crippen LogP contribution in [0.1, 0.15) is 29.8 Å². The molecule has 1 aliphatic heterocycles. The number of carbonyl (C=O) groups excluding carboxylic acids is 1. The van der Waals surface area contributed by atoms with Gasteiger partial charge in [0.15, 0.2) is 0 Å². The molecule has 2 aromatic carbocycles. The molecule has 5 nitrogen and oxygen atoms in total. The fourth-order valence-corrected chi connectivity index (χ4v) is 3.74. The minimum absolute atomic E-state index is 0.113. The van der Waals surface area contributed by atoms with Gasteiger partial charge in [-0.2, -0.15) is 0 Å². The molecule has 2 aromatic rings. The largest absolute Gasteiger partial charge is 0.495 e. The summed E-state index contributed by atoms with van der Waals surface area (Å²) >= 11 is 0. The minimum Gasteiger partial charge on any atom is -0.495 e. The first-order chi connectivity index (χ1) is 13.7. The number of para-hydroxylation sites is 2. The van der Waals surface area contributed by atoms with E-state index in [0.717, 1.165) is 57.1 Å². The average Bonchev–Trinajstić information content (AvgIpc) is 2.75. The molecule has 28 heavy (non-hydrogen) atoms. The first kappa shape index (κ1) is 20.2. The predicted octanol–water partition coefficient (Wildman–Crippen LogP) is 3.50. The lowest BCUT2D eigenvalue weighted by Crippen LogP contribution is -2.46. The summed E-state index contributed by atoms with van der Waals surface area (Å²) in [6.45, 7) is 10.4. The molecule has 0 unspecified atom stereocenters. The van der Waals surface area contributed by atoms with Gasteiger partial charge in [0, 0.05) is 51.4 Å². The van der Waals surface area contributed by atoms with Gasteiger partial charge < -0.3 is 14.5 Å². The number of piperazine rings is 1. The Morgan fingerprint density at radius 3 is 2.21 bits per heavy atom. The molecule has 1 amide bonds. The van der Waals surface area contributed by atoms with Crippen molar-refractivity contribution in [2.75, 3.05) is 51.3 Å². The van der Waals surface area contributed by atoms with Gasteiger partial charge in [-0.1, -0.05) is 24.3 Å². The summed E-state index contributed by atoms with van der Waals surface area (Å²) in [6, 6.07) is 16.3. The van der Waals surface area contributed by atoms with Crippen molar-refractivity contribution in [2.24, 2.45) is 0 Å². The van der Waals surface area contributed by atoms with Crippen molar-refractivity contribution in [3.63, 3.8) is 0 Å². The second-order valence-corrected chi connectivity index (χ2v) is 7.11. The zero-order chi connectivity index (χ0) is 19.9. The molecule has 1 fully saturated rings. The molecule has 150 valence electrons. The summed E-state index contributed by atoms with van der Waals surface area (Å²) in [4.78, 5) is 19.1. The van der Waals surface area contributed by atoms with Crippen LogP contribution in [0.5, 0.6) is 5.75 Å². The van der Waals surface area contributed by atoms with Gasteiger partial charge >= 0.3 is 0 Å². The third kappa shape index (κ3) is 4.65. The van der Waals surface area contributed by atoms with Gasteiger partial charge in [-0.3, -0.25) is 9.69 Å². The van der Waals surface area contributed by atoms with Crippen molar-refractivity contribution in [1.29, 1.82) is 0 Å². The van der Waals surface area contributed by atoms with Gasteiger partial charge in [-0.25, -0.2) is 0 Å². The van der Waals surface area contributed by atoms with Crippen LogP contribution in [0.2, 0.25) is 0 Å². The summed E-state index contributed by atoms with van der Waals surface area (Å²) in [5, 5.41) is 0. The van der Waals surface area contributed by atoms with Crippen molar-refractivity contribution in [2.45, 2.75) is 20.4 Å². The molecule has 0 aromatic heterocycles. The number of hydrogen-bond donors (Lipinski definition) is 0. The van der Waals surface area contributed by atoms with E-state index in [4.69, 9.17) is 4.74 Å². The van der Waals surface area contributed by atoms with E-state index in [1.165, 1.54) is 11.3 Å². The molecule has 0 aliphatic carbocycles. The lowest BCUT2D eigenvalue weighted by atomic mass is 10.1. The summed E-state index contributed by atoms with van der Waals surface area (Å²) in [7, 11) is 1.73. The zero-order valence-corrected chi connectivity index (χ0v) is 17.2. The molecule has 0 bridgehead atoms. The van der Waals surface area contributed by atoms with Gasteiger partial charge in [-0.15, -0.1) is 0 Å². The van der Waals surface area contributed by atoms with Crippen LogP contribution in [-0.2, 0) is 6.54 Å². The highest BCUT2D eigenvalue weighted by atomic mass is 16.5. The van der Waals surface area contributed by atoms with E-state index in [1.54, 1.807) is 7.11 Å². The Morgan fingerprint density at radius 2 is 1.61 bits per heavy atom. The maximum atomic E-state index is 12.4. The van der Waals surface area contributed by atoms with Crippen molar-refractivity contribution in [3.05, 3.63) is 59.7 Å². The van der Waals surface area contributed by atoms with Crippen LogP contribution in [0.4, 0.5) is 5.69 Å². The fraction of sp³-hybridized carbons (Fsp3) is 0.435. The van der Waals surface area contributed by atoms with E-state index in [-0.39, 0.29) is 5.91 Å². The van der Waals surface area contributed by atoms with Crippen molar-refractivity contribution >= 4 is 11.6 Å². The molecule has 0 spiro atoms. The number of amides is 1. The summed E-state index contributed by atoms with van der Waals surface area (Å²) in [6.07, 6.45) is 0. The lowest BCUT2D eigenvalue weighted by Gasteiger charge is -2.36. The Morgan fingerprint density at radius 1 is 0.964 bits per heavy atom. The van der Waals surface area contributed by atoms with Crippen LogP contribution >= 0.6 is 0 Å². The van der Waals surface area contributed by atoms with Crippen LogP contribution in [0.15, 0.2) is 48.5 Å². The smallest absolute Gasteiger partial charge is 0.253 e. The fourth-order valence-electron chi connectivity index (χ4n) is 3.74. The number of carbonyl (C=O) groups is 1. The number of hydrogen-bond acceptors (Lipinski definition) is 4. The maximum Gasteiger partial charge on any atom is 0.253 e. The molecule has 5 heteroatoms. The quantitative estimate of drug-likeness (QED) is 0.735.